The number of aromatic nitrogens is 1. The molecule has 24 heavy (non-hydrogen) atoms. The fourth-order valence-electron chi connectivity index (χ4n) is 3.19. The molecule has 1 aliphatic heterocycles. The normalized spacial score (nSPS) is 12.7. The van der Waals surface area contributed by atoms with Crippen LogP contribution in [0.4, 0.5) is 0 Å². The summed E-state index contributed by atoms with van der Waals surface area (Å²) in [7, 11) is 6.36. The van der Waals surface area contributed by atoms with Gasteiger partial charge in [-0.05, 0) is 6.07 Å². The molecule has 7 nitrogen and oxygen atoms in total. The first-order valence-electron chi connectivity index (χ1n) is 7.34. The Labute approximate surface area is 138 Å². The van der Waals surface area contributed by atoms with Crippen LogP contribution in [0.25, 0.3) is 21.8 Å². The fourth-order valence-corrected chi connectivity index (χ4v) is 3.19. The molecule has 0 radical (unpaired) electrons. The number of benzene rings is 2. The Hall–Kier alpha value is -2.96. The first-order valence-corrected chi connectivity index (χ1v) is 7.34. The average Bonchev–Trinajstić information content (AvgIpc) is 3.21. The van der Waals surface area contributed by atoms with Gasteiger partial charge in [0.2, 0.25) is 18.3 Å². The average molecular weight is 331 g/mol. The Morgan fingerprint density at radius 2 is 1.62 bits per heavy atom. The van der Waals surface area contributed by atoms with Gasteiger partial charge in [-0.15, -0.1) is 0 Å². The van der Waals surface area contributed by atoms with Crippen molar-refractivity contribution in [3.05, 3.63) is 12.1 Å². The molecule has 0 fully saturated rings. The van der Waals surface area contributed by atoms with Crippen LogP contribution in [-0.4, -0.2) is 40.2 Å². The number of aromatic amines is 1. The van der Waals surface area contributed by atoms with Crippen molar-refractivity contribution in [2.75, 3.05) is 35.2 Å². The predicted molar refractivity (Wildman–Crippen MR) is 88.1 cm³/mol. The lowest BCUT2D eigenvalue weighted by atomic mass is 10.1. The topological polar surface area (TPSA) is 71.2 Å². The minimum Gasteiger partial charge on any atom is -0.493 e. The van der Waals surface area contributed by atoms with Crippen molar-refractivity contribution in [2.45, 2.75) is 0 Å². The molecule has 1 aromatic heterocycles. The maximum absolute atomic E-state index is 5.61. The van der Waals surface area contributed by atoms with E-state index in [9.17, 15) is 0 Å². The van der Waals surface area contributed by atoms with E-state index >= 15 is 0 Å². The SMILES string of the molecule is COc1cc2[nH]c3c(OC)c4c(cc3c2c(OC)c1OC)OCO4. The molecule has 2 aromatic carbocycles. The molecule has 1 N–H and O–H groups in total. The van der Waals surface area contributed by atoms with Gasteiger partial charge in [0.05, 0.1) is 44.9 Å². The van der Waals surface area contributed by atoms with Gasteiger partial charge >= 0.3 is 0 Å². The Balaban J connectivity index is 2.18. The molecule has 0 amide bonds. The van der Waals surface area contributed by atoms with Gasteiger partial charge in [0.15, 0.2) is 23.0 Å². The van der Waals surface area contributed by atoms with Crippen LogP contribution in [0.2, 0.25) is 0 Å². The third-order valence-electron chi connectivity index (χ3n) is 4.18. The summed E-state index contributed by atoms with van der Waals surface area (Å²) in [4.78, 5) is 3.35. The molecule has 1 aliphatic rings. The van der Waals surface area contributed by atoms with Crippen LogP contribution in [0, 0.1) is 0 Å². The molecule has 2 heterocycles. The van der Waals surface area contributed by atoms with Crippen molar-refractivity contribution >= 4 is 21.8 Å². The highest BCUT2D eigenvalue weighted by Crippen LogP contribution is 2.52. The zero-order valence-corrected chi connectivity index (χ0v) is 13.8. The van der Waals surface area contributed by atoms with Crippen molar-refractivity contribution in [1.29, 1.82) is 0 Å². The highest BCUT2D eigenvalue weighted by Gasteiger charge is 2.27. The first kappa shape index (κ1) is 14.6. The Morgan fingerprint density at radius 3 is 2.29 bits per heavy atom. The standard InChI is InChI=1S/C17H17NO6/c1-19-10-6-9-12(16(21-3)14(10)20-2)8-5-11-15(24-7-23-11)17(22-4)13(8)18-9/h5-6,18H,7H2,1-4H3. The van der Waals surface area contributed by atoms with E-state index < -0.39 is 0 Å². The molecule has 0 aliphatic carbocycles. The summed E-state index contributed by atoms with van der Waals surface area (Å²) < 4.78 is 33.1. The van der Waals surface area contributed by atoms with E-state index in [4.69, 9.17) is 28.4 Å². The molecule has 0 saturated heterocycles. The van der Waals surface area contributed by atoms with Crippen molar-refractivity contribution in [1.82, 2.24) is 4.98 Å². The van der Waals surface area contributed by atoms with Crippen LogP contribution in [-0.2, 0) is 0 Å². The summed E-state index contributed by atoms with van der Waals surface area (Å²) in [5.41, 5.74) is 1.63. The van der Waals surface area contributed by atoms with Gasteiger partial charge in [0.1, 0.15) is 0 Å². The second-order valence-corrected chi connectivity index (χ2v) is 5.26. The number of hydrogen-bond acceptors (Lipinski definition) is 6. The molecule has 0 unspecified atom stereocenters. The third-order valence-corrected chi connectivity index (χ3v) is 4.18. The molecule has 126 valence electrons. The molecule has 7 heteroatoms. The Bertz CT molecular complexity index is 946. The number of fused-ring (bicyclic) bond motifs is 4. The summed E-state index contributed by atoms with van der Waals surface area (Å²) >= 11 is 0. The van der Waals surface area contributed by atoms with E-state index in [2.05, 4.69) is 4.98 Å². The van der Waals surface area contributed by atoms with Gasteiger partial charge in [-0.25, -0.2) is 0 Å². The molecular weight excluding hydrogens is 314 g/mol. The predicted octanol–water partition coefficient (Wildman–Crippen LogP) is 3.08. The van der Waals surface area contributed by atoms with Gasteiger partial charge in [-0.3, -0.25) is 0 Å². The Morgan fingerprint density at radius 1 is 0.875 bits per heavy atom. The van der Waals surface area contributed by atoms with Crippen LogP contribution >= 0.6 is 0 Å². The number of methoxy groups -OCH3 is 4. The van der Waals surface area contributed by atoms with Gasteiger partial charge in [-0.2, -0.15) is 0 Å². The number of ether oxygens (including phenoxy) is 6. The Kier molecular flexibility index (Phi) is 3.23. The first-order chi connectivity index (χ1) is 11.7. The minimum atomic E-state index is 0.171. The monoisotopic (exact) mass is 331 g/mol. The van der Waals surface area contributed by atoms with Crippen molar-refractivity contribution in [2.24, 2.45) is 0 Å². The number of nitrogens with one attached hydrogen (secondary N) is 1. The summed E-state index contributed by atoms with van der Waals surface area (Å²) in [5.74, 6) is 3.51. The zero-order chi connectivity index (χ0) is 16.8. The number of hydrogen-bond donors (Lipinski definition) is 1. The maximum Gasteiger partial charge on any atom is 0.231 e. The van der Waals surface area contributed by atoms with Crippen molar-refractivity contribution < 1.29 is 28.4 Å². The molecular formula is C17H17NO6. The van der Waals surface area contributed by atoms with E-state index in [-0.39, 0.29) is 6.79 Å². The lowest BCUT2D eigenvalue weighted by Gasteiger charge is -2.13. The highest BCUT2D eigenvalue weighted by molar-refractivity contribution is 6.15. The van der Waals surface area contributed by atoms with Crippen LogP contribution in [0.15, 0.2) is 12.1 Å². The summed E-state index contributed by atoms with van der Waals surface area (Å²) in [5, 5.41) is 1.76. The third kappa shape index (κ3) is 1.78. The van der Waals surface area contributed by atoms with Gasteiger partial charge < -0.3 is 33.4 Å². The summed E-state index contributed by atoms with van der Waals surface area (Å²) in [6.45, 7) is 0.171. The summed E-state index contributed by atoms with van der Waals surface area (Å²) in [6, 6.07) is 3.77. The van der Waals surface area contributed by atoms with E-state index in [0.29, 0.717) is 34.5 Å². The van der Waals surface area contributed by atoms with E-state index in [0.717, 1.165) is 21.8 Å². The van der Waals surface area contributed by atoms with Crippen LogP contribution in [0.3, 0.4) is 0 Å². The lowest BCUT2D eigenvalue weighted by Crippen LogP contribution is -1.95. The van der Waals surface area contributed by atoms with Crippen molar-refractivity contribution in [3.8, 4) is 34.5 Å². The van der Waals surface area contributed by atoms with E-state index in [1.165, 1.54) is 0 Å². The van der Waals surface area contributed by atoms with Crippen LogP contribution in [0.5, 0.6) is 34.5 Å². The summed E-state index contributed by atoms with van der Waals surface area (Å²) in [6.07, 6.45) is 0. The zero-order valence-electron chi connectivity index (χ0n) is 13.8. The number of rotatable bonds is 4. The largest absolute Gasteiger partial charge is 0.493 e. The molecule has 3 aromatic rings. The van der Waals surface area contributed by atoms with Crippen LogP contribution in [0.1, 0.15) is 0 Å². The quantitative estimate of drug-likeness (QED) is 0.792. The van der Waals surface area contributed by atoms with E-state index in [1.54, 1.807) is 28.4 Å². The van der Waals surface area contributed by atoms with Crippen LogP contribution < -0.4 is 28.4 Å². The molecule has 0 atom stereocenters. The lowest BCUT2D eigenvalue weighted by molar-refractivity contribution is 0.171. The van der Waals surface area contributed by atoms with Gasteiger partial charge in [0, 0.05) is 11.5 Å². The number of H-pyrrole nitrogens is 1. The van der Waals surface area contributed by atoms with Gasteiger partial charge in [0.25, 0.3) is 0 Å². The van der Waals surface area contributed by atoms with Gasteiger partial charge in [-0.1, -0.05) is 0 Å². The van der Waals surface area contributed by atoms with E-state index in [1.807, 2.05) is 12.1 Å². The smallest absolute Gasteiger partial charge is 0.231 e. The second-order valence-electron chi connectivity index (χ2n) is 5.26. The minimum absolute atomic E-state index is 0.171. The highest BCUT2D eigenvalue weighted by atomic mass is 16.7. The molecule has 0 bridgehead atoms. The van der Waals surface area contributed by atoms with Crippen molar-refractivity contribution in [3.63, 3.8) is 0 Å². The molecule has 0 spiro atoms. The fraction of sp³-hybridized carbons (Fsp3) is 0.294. The second kappa shape index (κ2) is 5.30. The molecule has 4 rings (SSSR count). The molecule has 0 saturated carbocycles. The maximum atomic E-state index is 5.61.